The molecule has 0 unspecified atom stereocenters. The fourth-order valence-electron chi connectivity index (χ4n) is 2.25. The third-order valence-corrected chi connectivity index (χ3v) is 3.47. The first-order valence-corrected chi connectivity index (χ1v) is 7.97. The molecule has 1 aromatic heterocycles. The van der Waals surface area contributed by atoms with E-state index in [9.17, 15) is 0 Å². The lowest BCUT2D eigenvalue weighted by atomic mass is 10.1. The van der Waals surface area contributed by atoms with Crippen molar-refractivity contribution in [2.45, 2.75) is 84.8 Å². The summed E-state index contributed by atoms with van der Waals surface area (Å²) in [6.45, 7) is 8.60. The number of rotatable bonds is 11. The molecule has 19 heavy (non-hydrogen) atoms. The fraction of sp³-hybridized carbons (Fsp3) is 0.812. The first-order chi connectivity index (χ1) is 9.24. The number of hydrogen-bond donors (Lipinski definition) is 1. The number of aryl methyl sites for hydroxylation is 1. The lowest BCUT2D eigenvalue weighted by Crippen LogP contribution is -2.24. The van der Waals surface area contributed by atoms with Crippen LogP contribution >= 0.6 is 0 Å². The average molecular weight is 265 g/mol. The third kappa shape index (κ3) is 7.36. The van der Waals surface area contributed by atoms with Crippen LogP contribution in [0.3, 0.4) is 0 Å². The molecule has 3 heteroatoms. The molecule has 0 amide bonds. The van der Waals surface area contributed by atoms with Gasteiger partial charge in [0, 0.05) is 25.0 Å². The Morgan fingerprint density at radius 1 is 1.11 bits per heavy atom. The van der Waals surface area contributed by atoms with Gasteiger partial charge in [-0.1, -0.05) is 59.3 Å². The molecular weight excluding hydrogens is 234 g/mol. The maximum atomic E-state index is 4.43. The minimum absolute atomic E-state index is 0.517. The quantitative estimate of drug-likeness (QED) is 0.610. The van der Waals surface area contributed by atoms with E-state index in [-0.39, 0.29) is 0 Å². The van der Waals surface area contributed by atoms with E-state index < -0.39 is 0 Å². The molecule has 0 bridgehead atoms. The molecule has 1 N–H and O–H groups in total. The molecule has 0 aliphatic carbocycles. The number of hydrogen-bond acceptors (Lipinski definition) is 2. The third-order valence-electron chi connectivity index (χ3n) is 3.47. The van der Waals surface area contributed by atoms with Crippen molar-refractivity contribution in [2.75, 3.05) is 0 Å². The van der Waals surface area contributed by atoms with Crippen LogP contribution in [0.2, 0.25) is 0 Å². The summed E-state index contributed by atoms with van der Waals surface area (Å²) in [4.78, 5) is 4.43. The summed E-state index contributed by atoms with van der Waals surface area (Å²) < 4.78 is 2.29. The molecule has 0 aliphatic rings. The topological polar surface area (TPSA) is 29.9 Å². The summed E-state index contributed by atoms with van der Waals surface area (Å²) >= 11 is 0. The van der Waals surface area contributed by atoms with Crippen LogP contribution in [-0.2, 0) is 13.1 Å². The van der Waals surface area contributed by atoms with Gasteiger partial charge >= 0.3 is 0 Å². The Kier molecular flexibility index (Phi) is 8.55. The summed E-state index contributed by atoms with van der Waals surface area (Å²) in [5, 5.41) is 3.43. The maximum Gasteiger partial charge on any atom is 0.122 e. The highest BCUT2D eigenvalue weighted by Gasteiger charge is 2.03. The van der Waals surface area contributed by atoms with Gasteiger partial charge in [0.25, 0.3) is 0 Å². The van der Waals surface area contributed by atoms with E-state index >= 15 is 0 Å². The molecule has 1 rings (SSSR count). The molecule has 1 aromatic rings. The number of unbranched alkanes of at least 4 members (excludes halogenated alkanes) is 6. The van der Waals surface area contributed by atoms with Crippen LogP contribution in [0.25, 0.3) is 0 Å². The maximum absolute atomic E-state index is 4.43. The zero-order valence-corrected chi connectivity index (χ0v) is 13.0. The van der Waals surface area contributed by atoms with Crippen LogP contribution in [0.1, 0.15) is 71.5 Å². The summed E-state index contributed by atoms with van der Waals surface area (Å²) in [6, 6.07) is 0.517. The molecule has 0 fully saturated rings. The fourth-order valence-corrected chi connectivity index (χ4v) is 2.25. The second-order valence-corrected chi connectivity index (χ2v) is 5.69. The summed E-state index contributed by atoms with van der Waals surface area (Å²) in [5.74, 6) is 1.17. The van der Waals surface area contributed by atoms with Crippen molar-refractivity contribution < 1.29 is 0 Å². The SMILES string of the molecule is CCCCCCCCCn1ccnc1CNC(C)C. The van der Waals surface area contributed by atoms with Gasteiger partial charge in [-0.2, -0.15) is 0 Å². The monoisotopic (exact) mass is 265 g/mol. The first-order valence-electron chi connectivity index (χ1n) is 7.97. The molecule has 0 radical (unpaired) electrons. The lowest BCUT2D eigenvalue weighted by molar-refractivity contribution is 0.514. The smallest absolute Gasteiger partial charge is 0.122 e. The van der Waals surface area contributed by atoms with E-state index in [1.807, 2.05) is 6.20 Å². The second-order valence-electron chi connectivity index (χ2n) is 5.69. The van der Waals surface area contributed by atoms with Crippen molar-refractivity contribution in [3.05, 3.63) is 18.2 Å². The van der Waals surface area contributed by atoms with Gasteiger partial charge in [-0.15, -0.1) is 0 Å². The molecule has 1 heterocycles. The van der Waals surface area contributed by atoms with Gasteiger partial charge in [-0.3, -0.25) is 0 Å². The Morgan fingerprint density at radius 3 is 2.47 bits per heavy atom. The Bertz CT molecular complexity index is 318. The summed E-state index contributed by atoms with van der Waals surface area (Å²) in [7, 11) is 0. The van der Waals surface area contributed by atoms with Crippen LogP contribution < -0.4 is 5.32 Å². The lowest BCUT2D eigenvalue weighted by Gasteiger charge is -2.10. The van der Waals surface area contributed by atoms with Crippen molar-refractivity contribution in [3.8, 4) is 0 Å². The van der Waals surface area contributed by atoms with Crippen LogP contribution in [0, 0.1) is 0 Å². The predicted octanol–water partition coefficient (Wildman–Crippen LogP) is 4.13. The number of nitrogens with zero attached hydrogens (tertiary/aromatic N) is 2. The zero-order valence-electron chi connectivity index (χ0n) is 13.0. The number of nitrogens with one attached hydrogen (secondary N) is 1. The minimum atomic E-state index is 0.517. The second kappa shape index (κ2) is 10.0. The first kappa shape index (κ1) is 16.2. The van der Waals surface area contributed by atoms with Gasteiger partial charge in [0.15, 0.2) is 0 Å². The van der Waals surface area contributed by atoms with Gasteiger partial charge in [0.2, 0.25) is 0 Å². The molecule has 0 atom stereocenters. The van der Waals surface area contributed by atoms with E-state index in [0.717, 1.165) is 13.1 Å². The van der Waals surface area contributed by atoms with Crippen LogP contribution in [0.4, 0.5) is 0 Å². The predicted molar refractivity (Wildman–Crippen MR) is 82.2 cm³/mol. The highest BCUT2D eigenvalue weighted by Crippen LogP contribution is 2.08. The highest BCUT2D eigenvalue weighted by atomic mass is 15.1. The Balaban J connectivity index is 2.13. The van der Waals surface area contributed by atoms with Gasteiger partial charge in [0.05, 0.1) is 6.54 Å². The summed E-state index contributed by atoms with van der Waals surface area (Å²) in [5.41, 5.74) is 0. The van der Waals surface area contributed by atoms with Gasteiger partial charge in [-0.25, -0.2) is 4.98 Å². The van der Waals surface area contributed by atoms with E-state index in [0.29, 0.717) is 6.04 Å². The van der Waals surface area contributed by atoms with Gasteiger partial charge in [0.1, 0.15) is 5.82 Å². The van der Waals surface area contributed by atoms with E-state index in [1.165, 1.54) is 50.8 Å². The summed E-state index contributed by atoms with van der Waals surface area (Å²) in [6.07, 6.45) is 13.6. The number of imidazole rings is 1. The normalized spacial score (nSPS) is 11.4. The molecule has 0 saturated heterocycles. The molecule has 3 nitrogen and oxygen atoms in total. The van der Waals surface area contributed by atoms with E-state index in [2.05, 4.69) is 41.8 Å². The Labute approximate surface area is 118 Å². The van der Waals surface area contributed by atoms with Crippen molar-refractivity contribution in [1.29, 1.82) is 0 Å². The van der Waals surface area contributed by atoms with Crippen molar-refractivity contribution in [1.82, 2.24) is 14.9 Å². The average Bonchev–Trinajstić information content (AvgIpc) is 2.83. The minimum Gasteiger partial charge on any atom is -0.334 e. The Hall–Kier alpha value is -0.830. The standard InChI is InChI=1S/C16H31N3/c1-4-5-6-7-8-9-10-12-19-13-11-17-16(19)14-18-15(2)3/h11,13,15,18H,4-10,12,14H2,1-3H3. The van der Waals surface area contributed by atoms with Gasteiger partial charge < -0.3 is 9.88 Å². The largest absolute Gasteiger partial charge is 0.334 e. The van der Waals surface area contributed by atoms with E-state index in [4.69, 9.17) is 0 Å². The number of aromatic nitrogens is 2. The molecule has 0 aliphatic heterocycles. The van der Waals surface area contributed by atoms with Gasteiger partial charge in [-0.05, 0) is 6.42 Å². The molecule has 0 aromatic carbocycles. The Morgan fingerprint density at radius 2 is 1.79 bits per heavy atom. The van der Waals surface area contributed by atoms with Crippen LogP contribution in [-0.4, -0.2) is 15.6 Å². The van der Waals surface area contributed by atoms with Crippen molar-refractivity contribution in [3.63, 3.8) is 0 Å². The molecule has 0 saturated carbocycles. The molecular formula is C16H31N3. The van der Waals surface area contributed by atoms with Crippen molar-refractivity contribution in [2.24, 2.45) is 0 Å². The van der Waals surface area contributed by atoms with Crippen molar-refractivity contribution >= 4 is 0 Å². The molecule has 110 valence electrons. The van der Waals surface area contributed by atoms with Crippen LogP contribution in [0.5, 0.6) is 0 Å². The highest BCUT2D eigenvalue weighted by molar-refractivity contribution is 4.92. The van der Waals surface area contributed by atoms with E-state index in [1.54, 1.807) is 0 Å². The zero-order chi connectivity index (χ0) is 13.9. The molecule has 0 spiro atoms. The van der Waals surface area contributed by atoms with Crippen LogP contribution in [0.15, 0.2) is 12.4 Å².